The molecule has 19 heavy (non-hydrogen) atoms. The van der Waals surface area contributed by atoms with Crippen LogP contribution in [0.2, 0.25) is 0 Å². The standard InChI is InChI=1S/C16H21N3/c1-3-14-18-15(16(17)19(14)13-9-10-13)11(2)12-7-5-4-6-8-12/h4-8,11,13H,3,9-10,17H2,1-2H3. The minimum absolute atomic E-state index is 0.256. The van der Waals surface area contributed by atoms with Crippen molar-refractivity contribution in [3.05, 3.63) is 47.4 Å². The van der Waals surface area contributed by atoms with Crippen molar-refractivity contribution < 1.29 is 0 Å². The van der Waals surface area contributed by atoms with Gasteiger partial charge in [-0.1, -0.05) is 44.2 Å². The van der Waals surface area contributed by atoms with E-state index in [9.17, 15) is 0 Å². The molecule has 1 saturated carbocycles. The van der Waals surface area contributed by atoms with Crippen LogP contribution in [0.1, 0.15) is 55.7 Å². The van der Waals surface area contributed by atoms with Crippen LogP contribution in [0.3, 0.4) is 0 Å². The number of aromatic nitrogens is 2. The minimum Gasteiger partial charge on any atom is -0.384 e. The molecule has 3 rings (SSSR count). The number of benzene rings is 1. The van der Waals surface area contributed by atoms with Crippen LogP contribution >= 0.6 is 0 Å². The van der Waals surface area contributed by atoms with E-state index in [2.05, 4.69) is 42.7 Å². The van der Waals surface area contributed by atoms with Gasteiger partial charge in [-0.25, -0.2) is 4.98 Å². The fourth-order valence-electron chi connectivity index (χ4n) is 2.72. The van der Waals surface area contributed by atoms with E-state index in [1.807, 2.05) is 6.07 Å². The normalized spacial score (nSPS) is 16.5. The van der Waals surface area contributed by atoms with Crippen molar-refractivity contribution in [3.63, 3.8) is 0 Å². The zero-order chi connectivity index (χ0) is 13.4. The number of nitrogens with zero attached hydrogens (tertiary/aromatic N) is 2. The molecule has 0 spiro atoms. The first kappa shape index (κ1) is 12.3. The van der Waals surface area contributed by atoms with Gasteiger partial charge in [-0.15, -0.1) is 0 Å². The molecular weight excluding hydrogens is 234 g/mol. The summed E-state index contributed by atoms with van der Waals surface area (Å²) in [7, 11) is 0. The quantitative estimate of drug-likeness (QED) is 0.908. The number of aryl methyl sites for hydroxylation is 1. The van der Waals surface area contributed by atoms with E-state index < -0.39 is 0 Å². The summed E-state index contributed by atoms with van der Waals surface area (Å²) < 4.78 is 2.26. The molecule has 1 aliphatic carbocycles. The van der Waals surface area contributed by atoms with Crippen molar-refractivity contribution in [2.24, 2.45) is 0 Å². The highest BCUT2D eigenvalue weighted by Crippen LogP contribution is 2.40. The van der Waals surface area contributed by atoms with Crippen LogP contribution < -0.4 is 5.73 Å². The molecule has 2 N–H and O–H groups in total. The van der Waals surface area contributed by atoms with Gasteiger partial charge in [0.25, 0.3) is 0 Å². The summed E-state index contributed by atoms with van der Waals surface area (Å²) in [5.41, 5.74) is 8.67. The average molecular weight is 255 g/mol. The number of hydrogen-bond acceptors (Lipinski definition) is 2. The second-order valence-corrected chi connectivity index (χ2v) is 5.39. The number of nitrogens with two attached hydrogens (primary N) is 1. The molecular formula is C16H21N3. The van der Waals surface area contributed by atoms with Gasteiger partial charge in [-0.2, -0.15) is 0 Å². The summed E-state index contributed by atoms with van der Waals surface area (Å²) in [4.78, 5) is 4.80. The predicted octanol–water partition coefficient (Wildman–Crippen LogP) is 3.51. The Balaban J connectivity index is 2.01. The Morgan fingerprint density at radius 1 is 1.32 bits per heavy atom. The fourth-order valence-corrected chi connectivity index (χ4v) is 2.72. The third-order valence-corrected chi connectivity index (χ3v) is 3.99. The van der Waals surface area contributed by atoms with Crippen molar-refractivity contribution >= 4 is 5.82 Å². The number of nitrogen functional groups attached to an aromatic ring is 1. The Labute approximate surface area is 114 Å². The molecule has 1 aromatic carbocycles. The lowest BCUT2D eigenvalue weighted by Gasteiger charge is -2.11. The SMILES string of the molecule is CCc1nc(C(C)c2ccccc2)c(N)n1C1CC1. The average Bonchev–Trinajstić information content (AvgIpc) is 3.23. The Hall–Kier alpha value is -1.77. The molecule has 3 nitrogen and oxygen atoms in total. The smallest absolute Gasteiger partial charge is 0.127 e. The van der Waals surface area contributed by atoms with Gasteiger partial charge in [0.05, 0.1) is 5.69 Å². The number of hydrogen-bond donors (Lipinski definition) is 1. The minimum atomic E-state index is 0.256. The summed E-state index contributed by atoms with van der Waals surface area (Å²) in [5.74, 6) is 2.26. The van der Waals surface area contributed by atoms with Crippen LogP contribution in [-0.4, -0.2) is 9.55 Å². The zero-order valence-corrected chi connectivity index (χ0v) is 11.6. The number of rotatable bonds is 4. The van der Waals surface area contributed by atoms with Crippen molar-refractivity contribution in [3.8, 4) is 0 Å². The van der Waals surface area contributed by atoms with Gasteiger partial charge >= 0.3 is 0 Å². The highest BCUT2D eigenvalue weighted by molar-refractivity contribution is 5.45. The molecule has 0 aliphatic heterocycles. The molecule has 1 aromatic heterocycles. The van der Waals surface area contributed by atoms with Gasteiger partial charge < -0.3 is 10.3 Å². The molecule has 1 fully saturated rings. The van der Waals surface area contributed by atoms with E-state index in [1.54, 1.807) is 0 Å². The lowest BCUT2D eigenvalue weighted by atomic mass is 9.98. The van der Waals surface area contributed by atoms with Crippen LogP contribution in [0.5, 0.6) is 0 Å². The molecule has 2 aromatic rings. The molecule has 0 saturated heterocycles. The highest BCUT2D eigenvalue weighted by Gasteiger charge is 2.30. The Kier molecular flexibility index (Phi) is 3.05. The first-order chi connectivity index (χ1) is 9.22. The summed E-state index contributed by atoms with van der Waals surface area (Å²) in [5, 5.41) is 0. The van der Waals surface area contributed by atoms with Gasteiger partial charge in [0, 0.05) is 18.4 Å². The summed E-state index contributed by atoms with van der Waals surface area (Å²) >= 11 is 0. The third-order valence-electron chi connectivity index (χ3n) is 3.99. The third kappa shape index (κ3) is 2.14. The molecule has 0 amide bonds. The van der Waals surface area contributed by atoms with E-state index >= 15 is 0 Å². The van der Waals surface area contributed by atoms with Gasteiger partial charge in [0.2, 0.25) is 0 Å². The van der Waals surface area contributed by atoms with Gasteiger partial charge in [0.1, 0.15) is 11.6 Å². The van der Waals surface area contributed by atoms with E-state index in [-0.39, 0.29) is 5.92 Å². The van der Waals surface area contributed by atoms with E-state index in [4.69, 9.17) is 10.7 Å². The largest absolute Gasteiger partial charge is 0.384 e. The van der Waals surface area contributed by atoms with Crippen LogP contribution in [0.15, 0.2) is 30.3 Å². The van der Waals surface area contributed by atoms with Gasteiger partial charge in [-0.3, -0.25) is 0 Å². The second kappa shape index (κ2) is 4.72. The van der Waals surface area contributed by atoms with Crippen LogP contribution in [0, 0.1) is 0 Å². The molecule has 0 radical (unpaired) electrons. The first-order valence-corrected chi connectivity index (χ1v) is 7.13. The Morgan fingerprint density at radius 2 is 2.00 bits per heavy atom. The van der Waals surface area contributed by atoms with Crippen LogP contribution in [-0.2, 0) is 6.42 Å². The lowest BCUT2D eigenvalue weighted by molar-refractivity contribution is 0.696. The van der Waals surface area contributed by atoms with Crippen molar-refractivity contribution in [2.75, 3.05) is 5.73 Å². The highest BCUT2D eigenvalue weighted by atomic mass is 15.2. The Bertz CT molecular complexity index is 567. The summed E-state index contributed by atoms with van der Waals surface area (Å²) in [6.07, 6.45) is 3.43. The topological polar surface area (TPSA) is 43.8 Å². The maximum atomic E-state index is 6.36. The van der Waals surface area contributed by atoms with Crippen molar-refractivity contribution in [1.29, 1.82) is 0 Å². The summed E-state index contributed by atoms with van der Waals surface area (Å²) in [6, 6.07) is 11.1. The lowest BCUT2D eigenvalue weighted by Crippen LogP contribution is -2.06. The molecule has 0 bridgehead atoms. The number of anilines is 1. The molecule has 1 atom stereocenters. The predicted molar refractivity (Wildman–Crippen MR) is 78.2 cm³/mol. The monoisotopic (exact) mass is 255 g/mol. The molecule has 100 valence electrons. The zero-order valence-electron chi connectivity index (χ0n) is 11.6. The number of imidazole rings is 1. The van der Waals surface area contributed by atoms with E-state index in [1.165, 1.54) is 18.4 Å². The van der Waals surface area contributed by atoms with Crippen molar-refractivity contribution in [2.45, 2.75) is 45.1 Å². The van der Waals surface area contributed by atoms with Crippen LogP contribution in [0.4, 0.5) is 5.82 Å². The Morgan fingerprint density at radius 3 is 2.58 bits per heavy atom. The van der Waals surface area contributed by atoms with Crippen LogP contribution in [0.25, 0.3) is 0 Å². The maximum absolute atomic E-state index is 6.36. The molecule has 1 heterocycles. The summed E-state index contributed by atoms with van der Waals surface area (Å²) in [6.45, 7) is 4.34. The second-order valence-electron chi connectivity index (χ2n) is 5.39. The first-order valence-electron chi connectivity index (χ1n) is 7.13. The molecule has 1 unspecified atom stereocenters. The van der Waals surface area contributed by atoms with Crippen molar-refractivity contribution in [1.82, 2.24) is 9.55 Å². The molecule has 3 heteroatoms. The maximum Gasteiger partial charge on any atom is 0.127 e. The van der Waals surface area contributed by atoms with E-state index in [0.29, 0.717) is 6.04 Å². The fraction of sp³-hybridized carbons (Fsp3) is 0.438. The van der Waals surface area contributed by atoms with Gasteiger partial charge in [0.15, 0.2) is 0 Å². The van der Waals surface area contributed by atoms with E-state index in [0.717, 1.165) is 23.8 Å². The molecule has 1 aliphatic rings. The van der Waals surface area contributed by atoms with Gasteiger partial charge in [-0.05, 0) is 18.4 Å².